The van der Waals surface area contributed by atoms with Gasteiger partial charge in [-0.1, -0.05) is 55.5 Å². The number of nitrogens with zero attached hydrogens (tertiary/aromatic N) is 1. The van der Waals surface area contributed by atoms with Crippen LogP contribution >= 0.6 is 12.4 Å². The van der Waals surface area contributed by atoms with E-state index in [1.165, 1.54) is 5.56 Å². The molecule has 2 aliphatic rings. The van der Waals surface area contributed by atoms with Crippen molar-refractivity contribution in [2.45, 2.75) is 56.9 Å². The third kappa shape index (κ3) is 5.52. The summed E-state index contributed by atoms with van der Waals surface area (Å²) in [5.74, 6) is 0.429. The van der Waals surface area contributed by atoms with E-state index < -0.39 is 16.9 Å². The van der Waals surface area contributed by atoms with Gasteiger partial charge < -0.3 is 30.2 Å². The second-order valence-corrected chi connectivity index (χ2v) is 12.1. The van der Waals surface area contributed by atoms with Crippen molar-refractivity contribution in [3.63, 3.8) is 0 Å². The number of carbonyl (C=O) groups is 2. The van der Waals surface area contributed by atoms with Crippen molar-refractivity contribution in [1.82, 2.24) is 10.2 Å². The Morgan fingerprint density at radius 3 is 2.13 bits per heavy atom. The molecule has 8 nitrogen and oxygen atoms in total. The van der Waals surface area contributed by atoms with Crippen LogP contribution in [0, 0.1) is 19.8 Å². The Balaban J connectivity index is 0.00000461. The molecule has 0 spiro atoms. The second-order valence-electron chi connectivity index (χ2n) is 12.1. The Hall–Kier alpha value is -3.75. The molecular weight excluding hydrogens is 590 g/mol. The number of halogens is 1. The molecule has 9 heteroatoms. The molecule has 4 unspecified atom stereocenters. The van der Waals surface area contributed by atoms with Crippen LogP contribution in [0.1, 0.15) is 64.7 Å². The number of likely N-dealkylation sites (tertiary alicyclic amines) is 1. The number of piperidine rings is 1. The molecule has 3 aromatic carbocycles. The molecule has 0 bridgehead atoms. The van der Waals surface area contributed by atoms with E-state index in [1.54, 1.807) is 33.5 Å². The number of nitrogens with two attached hydrogens (primary N) is 1. The highest BCUT2D eigenvalue weighted by Gasteiger charge is 2.64. The highest BCUT2D eigenvalue weighted by Crippen LogP contribution is 2.58. The Morgan fingerprint density at radius 2 is 1.62 bits per heavy atom. The molecule has 5 rings (SSSR count). The summed E-state index contributed by atoms with van der Waals surface area (Å²) in [6, 6.07) is 19.8. The highest BCUT2D eigenvalue weighted by molar-refractivity contribution is 5.97. The first kappa shape index (κ1) is 34.1. The molecule has 2 heterocycles. The number of ether oxygens (including phenoxy) is 3. The maximum absolute atomic E-state index is 14.9. The first-order valence-corrected chi connectivity index (χ1v) is 15.4. The normalized spacial score (nSPS) is 24.4. The van der Waals surface area contributed by atoms with Crippen LogP contribution in [-0.2, 0) is 10.2 Å². The lowest BCUT2D eigenvalue weighted by atomic mass is 9.51. The number of carbonyl (C=O) groups excluding carboxylic acids is 2. The first-order valence-electron chi connectivity index (χ1n) is 15.4. The van der Waals surface area contributed by atoms with Gasteiger partial charge >= 0.3 is 0 Å². The molecule has 4 atom stereocenters. The molecule has 2 saturated heterocycles. The summed E-state index contributed by atoms with van der Waals surface area (Å²) >= 11 is 0. The molecule has 0 radical (unpaired) electrons. The monoisotopic (exact) mass is 635 g/mol. The Bertz CT molecular complexity index is 1500. The van der Waals surface area contributed by atoms with Crippen molar-refractivity contribution in [3.8, 4) is 17.2 Å². The average Bonchev–Trinajstić information content (AvgIpc) is 3.60. The maximum Gasteiger partial charge on any atom is 0.254 e. The van der Waals surface area contributed by atoms with E-state index in [0.717, 1.165) is 36.2 Å². The molecule has 242 valence electrons. The number of hydrogen-bond acceptors (Lipinski definition) is 6. The average molecular weight is 636 g/mol. The fraction of sp³-hybridized carbons (Fsp3) is 0.444. The molecule has 0 saturated carbocycles. The fourth-order valence-electron chi connectivity index (χ4n) is 8.07. The number of primary amides is 1. The summed E-state index contributed by atoms with van der Waals surface area (Å²) in [6.45, 7) is 8.26. The molecule has 0 aliphatic carbocycles. The molecule has 0 aromatic heterocycles. The number of methoxy groups -OCH3 is 3. The number of hydrogen-bond donors (Lipinski definition) is 2. The van der Waals surface area contributed by atoms with E-state index in [4.69, 9.17) is 19.9 Å². The van der Waals surface area contributed by atoms with Gasteiger partial charge in [-0.3, -0.25) is 9.59 Å². The van der Waals surface area contributed by atoms with Gasteiger partial charge in [0.2, 0.25) is 11.7 Å². The summed E-state index contributed by atoms with van der Waals surface area (Å²) in [5, 5.41) is 3.56. The molecule has 3 aromatic rings. The van der Waals surface area contributed by atoms with Crippen molar-refractivity contribution in [2.24, 2.45) is 11.7 Å². The minimum absolute atomic E-state index is 0. The third-order valence-corrected chi connectivity index (χ3v) is 10.3. The van der Waals surface area contributed by atoms with Crippen LogP contribution in [0.5, 0.6) is 17.2 Å². The van der Waals surface area contributed by atoms with Crippen LogP contribution in [0.3, 0.4) is 0 Å². The zero-order chi connectivity index (χ0) is 31.6. The van der Waals surface area contributed by atoms with Gasteiger partial charge in [-0.05, 0) is 80.0 Å². The van der Waals surface area contributed by atoms with Gasteiger partial charge in [-0.25, -0.2) is 0 Å². The fourth-order valence-corrected chi connectivity index (χ4v) is 8.07. The maximum atomic E-state index is 14.9. The minimum Gasteiger partial charge on any atom is -0.493 e. The second kappa shape index (κ2) is 13.7. The first-order chi connectivity index (χ1) is 21.2. The summed E-state index contributed by atoms with van der Waals surface area (Å²) < 4.78 is 16.8. The predicted molar refractivity (Wildman–Crippen MR) is 179 cm³/mol. The Kier molecular flexibility index (Phi) is 10.4. The molecule has 3 N–H and O–H groups in total. The van der Waals surface area contributed by atoms with Gasteiger partial charge in [0, 0.05) is 24.6 Å². The van der Waals surface area contributed by atoms with E-state index in [9.17, 15) is 9.59 Å². The van der Waals surface area contributed by atoms with Crippen LogP contribution in [0.15, 0.2) is 60.7 Å². The smallest absolute Gasteiger partial charge is 0.254 e. The molecule has 2 fully saturated rings. The molecule has 2 amide bonds. The summed E-state index contributed by atoms with van der Waals surface area (Å²) in [7, 11) is 4.64. The van der Waals surface area contributed by atoms with E-state index in [-0.39, 0.29) is 30.1 Å². The summed E-state index contributed by atoms with van der Waals surface area (Å²) in [6.07, 6.45) is 1.90. The van der Waals surface area contributed by atoms with Crippen molar-refractivity contribution in [3.05, 3.63) is 88.5 Å². The zero-order valence-electron chi connectivity index (χ0n) is 27.1. The predicted octanol–water partition coefficient (Wildman–Crippen LogP) is 5.56. The van der Waals surface area contributed by atoms with E-state index in [1.807, 2.05) is 35.2 Å². The van der Waals surface area contributed by atoms with Crippen molar-refractivity contribution >= 4 is 24.2 Å². The number of rotatable bonds is 9. The largest absolute Gasteiger partial charge is 0.493 e. The topological polar surface area (TPSA) is 103 Å². The van der Waals surface area contributed by atoms with Crippen LogP contribution in [0.2, 0.25) is 0 Å². The number of benzene rings is 3. The number of amides is 2. The molecular formula is C36H46ClN3O5. The van der Waals surface area contributed by atoms with E-state index in [0.29, 0.717) is 42.2 Å². The van der Waals surface area contributed by atoms with Gasteiger partial charge in [-0.15, -0.1) is 12.4 Å². The summed E-state index contributed by atoms with van der Waals surface area (Å²) in [4.78, 5) is 31.0. The van der Waals surface area contributed by atoms with E-state index >= 15 is 0 Å². The summed E-state index contributed by atoms with van der Waals surface area (Å²) in [5.41, 5.74) is 9.41. The standard InChI is InChI=1S/C36H45N3O5.ClH/c1-7-36(28-15-17-38-22-28)32(25-14-13-23(2)24(3)19-25)35(34(37)41,27-11-9-8-10-12-27)16-18-39(36)33(40)26-20-29(42-4)31(44-6)30(21-26)43-5;/h8-14,19-21,28,32,38H,7,15-18,22H2,1-6H3,(H2,37,41);1H. The highest BCUT2D eigenvalue weighted by atomic mass is 35.5. The molecule has 45 heavy (non-hydrogen) atoms. The zero-order valence-corrected chi connectivity index (χ0v) is 28.0. The minimum atomic E-state index is -1.03. The van der Waals surface area contributed by atoms with Gasteiger partial charge in [-0.2, -0.15) is 0 Å². The van der Waals surface area contributed by atoms with Gasteiger partial charge in [0.15, 0.2) is 11.5 Å². The van der Waals surface area contributed by atoms with E-state index in [2.05, 4.69) is 44.3 Å². The quantitative estimate of drug-likeness (QED) is 0.319. The number of aryl methyl sites for hydroxylation is 2. The van der Waals surface area contributed by atoms with Crippen LogP contribution in [-0.4, -0.2) is 63.2 Å². The van der Waals surface area contributed by atoms with Gasteiger partial charge in [0.1, 0.15) is 0 Å². The Morgan fingerprint density at radius 1 is 0.956 bits per heavy atom. The lowest BCUT2D eigenvalue weighted by Crippen LogP contribution is -2.70. The lowest BCUT2D eigenvalue weighted by molar-refractivity contribution is -0.131. The van der Waals surface area contributed by atoms with Gasteiger partial charge in [0.25, 0.3) is 5.91 Å². The van der Waals surface area contributed by atoms with Crippen molar-refractivity contribution < 1.29 is 23.8 Å². The van der Waals surface area contributed by atoms with Crippen LogP contribution in [0.4, 0.5) is 0 Å². The van der Waals surface area contributed by atoms with Crippen molar-refractivity contribution in [1.29, 1.82) is 0 Å². The Labute approximate surface area is 273 Å². The number of nitrogens with one attached hydrogen (secondary N) is 1. The van der Waals surface area contributed by atoms with Gasteiger partial charge in [0.05, 0.1) is 32.3 Å². The van der Waals surface area contributed by atoms with Crippen molar-refractivity contribution in [2.75, 3.05) is 41.0 Å². The third-order valence-electron chi connectivity index (χ3n) is 10.3. The molecule has 2 aliphatic heterocycles. The van der Waals surface area contributed by atoms with Crippen LogP contribution < -0.4 is 25.3 Å². The SMILES string of the molecule is CCC1(C2CCNC2)C(c2ccc(C)c(C)c2)C(C(N)=O)(c2ccccc2)CCN1C(=O)c1cc(OC)c(OC)c(OC)c1.Cl. The van der Waals surface area contributed by atoms with Crippen LogP contribution in [0.25, 0.3) is 0 Å². The lowest BCUT2D eigenvalue weighted by Gasteiger charge is -2.61.